The van der Waals surface area contributed by atoms with Gasteiger partial charge in [0, 0.05) is 24.8 Å². The molecule has 0 amide bonds. The molecule has 3 aromatic carbocycles. The summed E-state index contributed by atoms with van der Waals surface area (Å²) < 4.78 is 54.4. The van der Waals surface area contributed by atoms with Crippen LogP contribution in [-0.2, 0) is 24.2 Å². The van der Waals surface area contributed by atoms with Gasteiger partial charge in [-0.15, -0.1) is 0 Å². The third-order valence-electron chi connectivity index (χ3n) is 7.54. The molecule has 1 aromatic heterocycles. The van der Waals surface area contributed by atoms with Gasteiger partial charge < -0.3 is 23.8 Å². The van der Waals surface area contributed by atoms with E-state index in [2.05, 4.69) is 25.1 Å². The summed E-state index contributed by atoms with van der Waals surface area (Å²) in [5, 5.41) is 13.9. The van der Waals surface area contributed by atoms with Crippen LogP contribution in [0, 0.1) is 0 Å². The largest absolute Gasteiger partial charge is 0.423 e. The van der Waals surface area contributed by atoms with Crippen molar-refractivity contribution in [1.29, 1.82) is 0 Å². The second kappa shape index (κ2) is 10.4. The van der Waals surface area contributed by atoms with Crippen molar-refractivity contribution >= 4 is 26.5 Å². The van der Waals surface area contributed by atoms with E-state index < -0.39 is 28.3 Å². The normalized spacial score (nSPS) is 24.9. The predicted molar refractivity (Wildman–Crippen MR) is 144 cm³/mol. The number of sulfonamides is 1. The van der Waals surface area contributed by atoms with Gasteiger partial charge in [-0.3, -0.25) is 0 Å². The van der Waals surface area contributed by atoms with Gasteiger partial charge in [0.2, 0.25) is 10.0 Å². The average Bonchev–Trinajstić information content (AvgIpc) is 3.71. The Balaban J connectivity index is 1.05. The summed E-state index contributed by atoms with van der Waals surface area (Å²) in [6, 6.07) is 19.7. The molecule has 4 aromatic rings. The number of nitrogens with one attached hydrogen (secondary N) is 1. The standard InChI is InChI=1S/C27H28N6O6S/c34-40(35,22-9-8-18-4-1-2-5-19(18)14-22)29-23-16-37-26-24(17-38-25(23)26)33-27(28-30-31-33)39-21-7-3-6-20(15-21)32-10-12-36-13-11-32/h1-9,14-15,23-26,29H,10-13,16-17H2. The molecule has 208 valence electrons. The molecule has 12 nitrogen and oxygen atoms in total. The fraction of sp³-hybridized carbons (Fsp3) is 0.370. The van der Waals surface area contributed by atoms with E-state index in [-0.39, 0.29) is 30.2 Å². The van der Waals surface area contributed by atoms with Crippen molar-refractivity contribution < 1.29 is 27.4 Å². The molecular weight excluding hydrogens is 536 g/mol. The summed E-state index contributed by atoms with van der Waals surface area (Å²) in [5.74, 6) is 0.601. The predicted octanol–water partition coefficient (Wildman–Crippen LogP) is 2.14. The smallest absolute Gasteiger partial charge is 0.341 e. The minimum Gasteiger partial charge on any atom is -0.423 e. The van der Waals surface area contributed by atoms with Crippen molar-refractivity contribution in [3.05, 3.63) is 66.7 Å². The Labute approximate surface area is 230 Å². The van der Waals surface area contributed by atoms with E-state index in [9.17, 15) is 8.42 Å². The van der Waals surface area contributed by atoms with Crippen molar-refractivity contribution in [3.63, 3.8) is 0 Å². The van der Waals surface area contributed by atoms with E-state index in [4.69, 9.17) is 18.9 Å². The minimum atomic E-state index is -3.80. The first-order valence-electron chi connectivity index (χ1n) is 13.2. The van der Waals surface area contributed by atoms with E-state index >= 15 is 0 Å². The number of hydrogen-bond acceptors (Lipinski definition) is 10. The lowest BCUT2D eigenvalue weighted by Gasteiger charge is -2.29. The van der Waals surface area contributed by atoms with Crippen LogP contribution in [0.4, 0.5) is 5.69 Å². The van der Waals surface area contributed by atoms with E-state index in [1.165, 1.54) is 0 Å². The second-order valence-electron chi connectivity index (χ2n) is 10.0. The summed E-state index contributed by atoms with van der Waals surface area (Å²) in [7, 11) is -3.80. The Morgan fingerprint density at radius 3 is 2.60 bits per heavy atom. The first-order valence-corrected chi connectivity index (χ1v) is 14.7. The highest BCUT2D eigenvalue weighted by atomic mass is 32.2. The minimum absolute atomic E-state index is 0.165. The van der Waals surface area contributed by atoms with Gasteiger partial charge >= 0.3 is 6.01 Å². The first-order chi connectivity index (χ1) is 19.5. The maximum absolute atomic E-state index is 13.2. The van der Waals surface area contributed by atoms with Gasteiger partial charge in [0.05, 0.1) is 37.4 Å². The number of anilines is 1. The number of ether oxygens (including phenoxy) is 4. The van der Waals surface area contributed by atoms with Crippen LogP contribution in [0.5, 0.6) is 11.8 Å². The van der Waals surface area contributed by atoms with Gasteiger partial charge in [0.15, 0.2) is 0 Å². The number of tetrazole rings is 1. The molecule has 3 aliphatic heterocycles. The molecule has 4 atom stereocenters. The average molecular weight is 565 g/mol. The van der Waals surface area contributed by atoms with Gasteiger partial charge in [-0.2, -0.15) is 4.68 Å². The molecule has 0 spiro atoms. The molecule has 3 fully saturated rings. The molecule has 0 saturated carbocycles. The van der Waals surface area contributed by atoms with Crippen LogP contribution in [-0.4, -0.2) is 86.4 Å². The molecular formula is C27H28N6O6S. The van der Waals surface area contributed by atoms with Crippen LogP contribution in [0.1, 0.15) is 6.04 Å². The lowest BCUT2D eigenvalue weighted by molar-refractivity contribution is 0.0615. The molecule has 4 unspecified atom stereocenters. The monoisotopic (exact) mass is 564 g/mol. The second-order valence-corrected chi connectivity index (χ2v) is 11.7. The summed E-state index contributed by atoms with van der Waals surface area (Å²) >= 11 is 0. The maximum atomic E-state index is 13.2. The van der Waals surface area contributed by atoms with E-state index in [0.29, 0.717) is 19.0 Å². The van der Waals surface area contributed by atoms with Gasteiger partial charge in [0.25, 0.3) is 0 Å². The zero-order valence-electron chi connectivity index (χ0n) is 21.5. The van der Waals surface area contributed by atoms with E-state index in [0.717, 1.165) is 29.5 Å². The van der Waals surface area contributed by atoms with Crippen LogP contribution in [0.25, 0.3) is 10.8 Å². The van der Waals surface area contributed by atoms with Crippen molar-refractivity contribution in [2.75, 3.05) is 44.4 Å². The number of morpholine rings is 1. The lowest BCUT2D eigenvalue weighted by Crippen LogP contribution is -2.44. The maximum Gasteiger partial charge on any atom is 0.341 e. The highest BCUT2D eigenvalue weighted by Crippen LogP contribution is 2.37. The topological polar surface area (TPSA) is 130 Å². The fourth-order valence-electron chi connectivity index (χ4n) is 5.52. The lowest BCUT2D eigenvalue weighted by atomic mass is 10.1. The van der Waals surface area contributed by atoms with Gasteiger partial charge in [-0.1, -0.05) is 41.5 Å². The third kappa shape index (κ3) is 4.80. The Kier molecular flexibility index (Phi) is 6.60. The number of hydrogen-bond donors (Lipinski definition) is 1. The summed E-state index contributed by atoms with van der Waals surface area (Å²) in [4.78, 5) is 2.43. The van der Waals surface area contributed by atoms with Crippen molar-refractivity contribution in [2.45, 2.75) is 29.2 Å². The van der Waals surface area contributed by atoms with Crippen molar-refractivity contribution in [3.8, 4) is 11.8 Å². The zero-order chi connectivity index (χ0) is 27.1. The number of benzene rings is 3. The fourth-order valence-corrected chi connectivity index (χ4v) is 6.79. The zero-order valence-corrected chi connectivity index (χ0v) is 22.3. The summed E-state index contributed by atoms with van der Waals surface area (Å²) in [6.07, 6.45) is -0.947. The van der Waals surface area contributed by atoms with Crippen LogP contribution >= 0.6 is 0 Å². The van der Waals surface area contributed by atoms with Crippen molar-refractivity contribution in [2.24, 2.45) is 0 Å². The number of fused-ring (bicyclic) bond motifs is 2. The molecule has 3 aliphatic rings. The van der Waals surface area contributed by atoms with Crippen LogP contribution in [0.15, 0.2) is 71.6 Å². The molecule has 13 heteroatoms. The quantitative estimate of drug-likeness (QED) is 0.356. The molecule has 0 radical (unpaired) electrons. The van der Waals surface area contributed by atoms with Crippen LogP contribution in [0.2, 0.25) is 0 Å². The van der Waals surface area contributed by atoms with Crippen molar-refractivity contribution in [1.82, 2.24) is 24.9 Å². The molecule has 0 bridgehead atoms. The Morgan fingerprint density at radius 1 is 0.900 bits per heavy atom. The third-order valence-corrected chi connectivity index (χ3v) is 9.03. The number of nitrogens with zero attached hydrogens (tertiary/aromatic N) is 5. The number of rotatable bonds is 7. The van der Waals surface area contributed by atoms with Gasteiger partial charge in [0.1, 0.15) is 24.0 Å². The Hall–Kier alpha value is -3.62. The highest BCUT2D eigenvalue weighted by molar-refractivity contribution is 7.89. The molecule has 7 rings (SSSR count). The Bertz CT molecular complexity index is 1620. The molecule has 40 heavy (non-hydrogen) atoms. The van der Waals surface area contributed by atoms with Gasteiger partial charge in [-0.25, -0.2) is 13.1 Å². The molecule has 0 aliphatic carbocycles. The van der Waals surface area contributed by atoms with Gasteiger partial charge in [-0.05, 0) is 45.5 Å². The molecule has 4 heterocycles. The van der Waals surface area contributed by atoms with Crippen LogP contribution < -0.4 is 14.4 Å². The van der Waals surface area contributed by atoms with E-state index in [1.54, 1.807) is 22.9 Å². The summed E-state index contributed by atoms with van der Waals surface area (Å²) in [6.45, 7) is 3.41. The number of aromatic nitrogens is 4. The first kappa shape index (κ1) is 25.4. The summed E-state index contributed by atoms with van der Waals surface area (Å²) in [5.41, 5.74) is 1.03. The SMILES string of the molecule is O=S(=O)(NC1COC2C1OCC2n1nnnc1Oc1cccc(N2CCOCC2)c1)c1ccc2ccccc2c1. The molecule has 1 N–H and O–H groups in total. The Morgan fingerprint density at radius 2 is 1.73 bits per heavy atom. The molecule has 3 saturated heterocycles. The van der Waals surface area contributed by atoms with Crippen LogP contribution in [0.3, 0.4) is 0 Å². The van der Waals surface area contributed by atoms with E-state index in [1.807, 2.05) is 48.5 Å². The highest BCUT2D eigenvalue weighted by Gasteiger charge is 2.51.